The summed E-state index contributed by atoms with van der Waals surface area (Å²) in [5, 5.41) is 19.8. The maximum absolute atomic E-state index is 11.2. The van der Waals surface area contributed by atoms with Crippen molar-refractivity contribution < 1.29 is 15.0 Å². The molecule has 1 aliphatic rings. The van der Waals surface area contributed by atoms with E-state index in [9.17, 15) is 15.0 Å². The number of rotatable bonds is 4. The molecule has 0 aromatic heterocycles. The monoisotopic (exact) mass is 228 g/mol. The highest BCUT2D eigenvalue weighted by atomic mass is 16.4. The van der Waals surface area contributed by atoms with Gasteiger partial charge in [-0.2, -0.15) is 0 Å². The Hall–Kier alpha value is -0.570. The Morgan fingerprint density at radius 2 is 2.06 bits per heavy atom. The van der Waals surface area contributed by atoms with Gasteiger partial charge in [0.25, 0.3) is 0 Å². The normalized spacial score (nSPS) is 37.0. The van der Waals surface area contributed by atoms with Gasteiger partial charge >= 0.3 is 5.97 Å². The van der Waals surface area contributed by atoms with E-state index in [-0.39, 0.29) is 0 Å². The Balaban J connectivity index is 2.78. The number of hydrogen-bond acceptors (Lipinski definition) is 2. The first kappa shape index (κ1) is 13.5. The average molecular weight is 228 g/mol. The molecule has 0 aromatic carbocycles. The summed E-state index contributed by atoms with van der Waals surface area (Å²) < 4.78 is 0. The molecule has 0 bridgehead atoms. The summed E-state index contributed by atoms with van der Waals surface area (Å²) in [7, 11) is 0. The second-order valence-corrected chi connectivity index (χ2v) is 5.48. The van der Waals surface area contributed by atoms with Crippen molar-refractivity contribution in [1.82, 2.24) is 0 Å². The minimum absolute atomic E-state index is 0.414. The lowest BCUT2D eigenvalue weighted by Crippen LogP contribution is -2.47. The maximum atomic E-state index is 11.2. The topological polar surface area (TPSA) is 57.5 Å². The SMILES string of the molecule is CCCC(C(=O)O)C1(O)CCC(C)C(C)C1. The molecule has 0 saturated heterocycles. The van der Waals surface area contributed by atoms with Crippen molar-refractivity contribution in [2.24, 2.45) is 17.8 Å². The quantitative estimate of drug-likeness (QED) is 0.777. The standard InChI is InChI=1S/C13H24O3/c1-4-5-11(12(14)15)13(16)7-6-9(2)10(3)8-13/h9-11,16H,4-8H2,1-3H3,(H,14,15). The first-order chi connectivity index (χ1) is 7.40. The van der Waals surface area contributed by atoms with Gasteiger partial charge in [-0.05, 0) is 37.5 Å². The average Bonchev–Trinajstić information content (AvgIpc) is 2.20. The number of carboxylic acid groups (broad SMARTS) is 1. The third-order valence-corrected chi connectivity index (χ3v) is 4.20. The summed E-state index contributed by atoms with van der Waals surface area (Å²) in [6.07, 6.45) is 3.59. The van der Waals surface area contributed by atoms with E-state index in [2.05, 4.69) is 13.8 Å². The van der Waals surface area contributed by atoms with Gasteiger partial charge in [-0.15, -0.1) is 0 Å². The Labute approximate surface area is 97.9 Å². The summed E-state index contributed by atoms with van der Waals surface area (Å²) >= 11 is 0. The first-order valence-corrected chi connectivity index (χ1v) is 6.36. The van der Waals surface area contributed by atoms with Crippen LogP contribution in [-0.4, -0.2) is 21.8 Å². The molecular weight excluding hydrogens is 204 g/mol. The highest BCUT2D eigenvalue weighted by Gasteiger charge is 2.44. The van der Waals surface area contributed by atoms with Crippen LogP contribution in [0.25, 0.3) is 0 Å². The van der Waals surface area contributed by atoms with Crippen LogP contribution in [0.3, 0.4) is 0 Å². The Morgan fingerprint density at radius 3 is 2.50 bits per heavy atom. The van der Waals surface area contributed by atoms with Crippen molar-refractivity contribution >= 4 is 5.97 Å². The van der Waals surface area contributed by atoms with E-state index < -0.39 is 17.5 Å². The summed E-state index contributed by atoms with van der Waals surface area (Å²) in [5.41, 5.74) is -0.978. The molecule has 3 nitrogen and oxygen atoms in total. The fourth-order valence-electron chi connectivity index (χ4n) is 2.85. The molecule has 1 rings (SSSR count). The zero-order chi connectivity index (χ0) is 12.3. The van der Waals surface area contributed by atoms with Gasteiger partial charge in [-0.25, -0.2) is 0 Å². The zero-order valence-electron chi connectivity index (χ0n) is 10.6. The molecule has 0 amide bonds. The van der Waals surface area contributed by atoms with Crippen LogP contribution in [0.1, 0.15) is 52.9 Å². The molecule has 0 aromatic rings. The second kappa shape index (κ2) is 5.17. The van der Waals surface area contributed by atoms with Crippen molar-refractivity contribution in [2.45, 2.75) is 58.5 Å². The van der Waals surface area contributed by atoms with Crippen LogP contribution in [0.15, 0.2) is 0 Å². The summed E-state index contributed by atoms with van der Waals surface area (Å²) in [5.74, 6) is -0.424. The number of hydrogen-bond donors (Lipinski definition) is 2. The van der Waals surface area contributed by atoms with Crippen LogP contribution in [0.2, 0.25) is 0 Å². The van der Waals surface area contributed by atoms with Gasteiger partial charge in [-0.3, -0.25) is 4.79 Å². The molecule has 0 spiro atoms. The number of aliphatic carboxylic acids is 1. The molecule has 4 unspecified atom stereocenters. The molecule has 0 heterocycles. The smallest absolute Gasteiger partial charge is 0.309 e. The minimum Gasteiger partial charge on any atom is -0.481 e. The predicted molar refractivity (Wildman–Crippen MR) is 63.2 cm³/mol. The minimum atomic E-state index is -0.978. The van der Waals surface area contributed by atoms with Crippen molar-refractivity contribution in [3.8, 4) is 0 Å². The van der Waals surface area contributed by atoms with Crippen LogP contribution in [-0.2, 0) is 4.79 Å². The number of carbonyl (C=O) groups is 1. The Kier molecular flexibility index (Phi) is 4.36. The zero-order valence-corrected chi connectivity index (χ0v) is 10.6. The van der Waals surface area contributed by atoms with Crippen molar-refractivity contribution in [3.05, 3.63) is 0 Å². The molecule has 0 aliphatic heterocycles. The molecule has 2 N–H and O–H groups in total. The molecule has 94 valence electrons. The predicted octanol–water partition coefficient (Wildman–Crippen LogP) is 2.67. The maximum Gasteiger partial charge on any atom is 0.309 e. The van der Waals surface area contributed by atoms with Crippen molar-refractivity contribution in [2.75, 3.05) is 0 Å². The molecular formula is C13H24O3. The lowest BCUT2D eigenvalue weighted by atomic mass is 9.67. The van der Waals surface area contributed by atoms with Crippen LogP contribution in [0.4, 0.5) is 0 Å². The summed E-state index contributed by atoms with van der Waals surface area (Å²) in [4.78, 5) is 11.2. The Morgan fingerprint density at radius 1 is 1.44 bits per heavy atom. The summed E-state index contributed by atoms with van der Waals surface area (Å²) in [6, 6.07) is 0. The van der Waals surface area contributed by atoms with Gasteiger partial charge in [0.05, 0.1) is 11.5 Å². The highest BCUT2D eigenvalue weighted by molar-refractivity contribution is 5.71. The molecule has 1 aliphatic carbocycles. The summed E-state index contributed by atoms with van der Waals surface area (Å²) in [6.45, 7) is 6.26. The van der Waals surface area contributed by atoms with Crippen molar-refractivity contribution in [3.63, 3.8) is 0 Å². The van der Waals surface area contributed by atoms with Gasteiger partial charge in [-0.1, -0.05) is 27.2 Å². The lowest BCUT2D eigenvalue weighted by Gasteiger charge is -2.42. The number of carboxylic acids is 1. The molecule has 1 saturated carbocycles. The van der Waals surface area contributed by atoms with E-state index >= 15 is 0 Å². The van der Waals surface area contributed by atoms with Gasteiger partial charge in [0.15, 0.2) is 0 Å². The van der Waals surface area contributed by atoms with E-state index in [1.165, 1.54) is 0 Å². The van der Waals surface area contributed by atoms with Crippen LogP contribution in [0.5, 0.6) is 0 Å². The van der Waals surface area contributed by atoms with E-state index in [1.54, 1.807) is 0 Å². The van der Waals surface area contributed by atoms with Crippen molar-refractivity contribution in [1.29, 1.82) is 0 Å². The Bertz CT molecular complexity index is 252. The molecule has 3 heteroatoms. The molecule has 1 fully saturated rings. The fraction of sp³-hybridized carbons (Fsp3) is 0.923. The molecule has 4 atom stereocenters. The van der Waals surface area contributed by atoms with E-state index in [4.69, 9.17) is 0 Å². The van der Waals surface area contributed by atoms with E-state index in [0.29, 0.717) is 31.1 Å². The van der Waals surface area contributed by atoms with Crippen LogP contribution in [0, 0.1) is 17.8 Å². The van der Waals surface area contributed by atoms with Gasteiger partial charge in [0.1, 0.15) is 0 Å². The fourth-order valence-corrected chi connectivity index (χ4v) is 2.85. The largest absolute Gasteiger partial charge is 0.481 e. The first-order valence-electron chi connectivity index (χ1n) is 6.36. The second-order valence-electron chi connectivity index (χ2n) is 5.48. The third-order valence-electron chi connectivity index (χ3n) is 4.20. The van der Waals surface area contributed by atoms with E-state index in [0.717, 1.165) is 12.8 Å². The molecule has 16 heavy (non-hydrogen) atoms. The third kappa shape index (κ3) is 2.76. The van der Waals surface area contributed by atoms with Gasteiger partial charge < -0.3 is 10.2 Å². The van der Waals surface area contributed by atoms with E-state index in [1.807, 2.05) is 6.92 Å². The molecule has 0 radical (unpaired) electrons. The number of aliphatic hydroxyl groups is 1. The lowest BCUT2D eigenvalue weighted by molar-refractivity contribution is -0.158. The van der Waals surface area contributed by atoms with Gasteiger partial charge in [0, 0.05) is 0 Å². The van der Waals surface area contributed by atoms with Crippen LogP contribution >= 0.6 is 0 Å². The highest BCUT2D eigenvalue weighted by Crippen LogP contribution is 2.41. The van der Waals surface area contributed by atoms with Crippen LogP contribution < -0.4 is 0 Å². The van der Waals surface area contributed by atoms with Gasteiger partial charge in [0.2, 0.25) is 0 Å².